The maximum atomic E-state index is 11.9. The van der Waals surface area contributed by atoms with Gasteiger partial charge < -0.3 is 4.43 Å². The van der Waals surface area contributed by atoms with Crippen molar-refractivity contribution >= 4 is 14.8 Å². The summed E-state index contributed by atoms with van der Waals surface area (Å²) in [6.45, 7) is 12.4. The van der Waals surface area contributed by atoms with E-state index in [1.807, 2.05) is 0 Å². The fourth-order valence-electron chi connectivity index (χ4n) is 4.45. The van der Waals surface area contributed by atoms with Gasteiger partial charge >= 0.3 is 0 Å². The molecule has 2 aliphatic rings. The molecule has 122 valence electrons. The molecule has 0 saturated heterocycles. The third-order valence-electron chi connectivity index (χ3n) is 6.08. The average molecular weight is 311 g/mol. The number of hydrogen-bond donors (Lipinski definition) is 0. The van der Waals surface area contributed by atoms with Gasteiger partial charge in [0.25, 0.3) is 0 Å². The third-order valence-corrected chi connectivity index (χ3v) is 6.94. The van der Waals surface area contributed by atoms with E-state index < -0.39 is 9.04 Å². The average Bonchev–Trinajstić information content (AvgIpc) is 2.39. The van der Waals surface area contributed by atoms with Crippen molar-refractivity contribution in [2.75, 3.05) is 6.61 Å². The van der Waals surface area contributed by atoms with E-state index in [-0.39, 0.29) is 0 Å². The molecular formula is C18H34O2Si. The fourth-order valence-corrected chi connectivity index (χ4v) is 5.06. The van der Waals surface area contributed by atoms with Crippen molar-refractivity contribution in [1.82, 2.24) is 0 Å². The van der Waals surface area contributed by atoms with E-state index in [1.165, 1.54) is 25.7 Å². The molecule has 0 amide bonds. The summed E-state index contributed by atoms with van der Waals surface area (Å²) in [7, 11) is -0.984. The summed E-state index contributed by atoms with van der Waals surface area (Å²) in [6.07, 6.45) is 8.03. The second-order valence-electron chi connectivity index (χ2n) is 8.82. The van der Waals surface area contributed by atoms with Gasteiger partial charge in [-0.25, -0.2) is 0 Å². The van der Waals surface area contributed by atoms with E-state index in [2.05, 4.69) is 33.9 Å². The van der Waals surface area contributed by atoms with Gasteiger partial charge in [-0.15, -0.1) is 0 Å². The van der Waals surface area contributed by atoms with Crippen LogP contribution in [0.25, 0.3) is 0 Å². The van der Waals surface area contributed by atoms with E-state index in [9.17, 15) is 4.79 Å². The smallest absolute Gasteiger partial charge is 0.170 e. The van der Waals surface area contributed by atoms with Crippen LogP contribution < -0.4 is 0 Å². The molecule has 0 radical (unpaired) electrons. The van der Waals surface area contributed by atoms with Gasteiger partial charge in [0, 0.05) is 19.4 Å². The first-order valence-corrected chi connectivity index (χ1v) is 11.6. The molecular weight excluding hydrogens is 276 g/mol. The summed E-state index contributed by atoms with van der Waals surface area (Å²) in [5.74, 6) is 1.81. The number of carbonyl (C=O) groups is 1. The molecule has 0 aliphatic heterocycles. The van der Waals surface area contributed by atoms with Gasteiger partial charge in [0.1, 0.15) is 5.78 Å². The van der Waals surface area contributed by atoms with Crippen molar-refractivity contribution in [3.63, 3.8) is 0 Å². The largest absolute Gasteiger partial charge is 0.420 e. The minimum Gasteiger partial charge on any atom is -0.420 e. The molecule has 0 aromatic heterocycles. The molecule has 2 aliphatic carbocycles. The Morgan fingerprint density at radius 3 is 2.33 bits per heavy atom. The monoisotopic (exact) mass is 310 g/mol. The molecule has 0 bridgehead atoms. The van der Waals surface area contributed by atoms with Gasteiger partial charge in [-0.05, 0) is 67.9 Å². The second-order valence-corrected chi connectivity index (χ2v) is 11.3. The molecule has 0 aromatic carbocycles. The van der Waals surface area contributed by atoms with Crippen molar-refractivity contribution in [2.45, 2.75) is 78.8 Å². The Balaban J connectivity index is 2.03. The number of ketones is 1. The number of rotatable bonds is 3. The van der Waals surface area contributed by atoms with Crippen LogP contribution in [-0.2, 0) is 9.22 Å². The number of hydrogen-bond acceptors (Lipinski definition) is 2. The van der Waals surface area contributed by atoms with Gasteiger partial charge in [0.05, 0.1) is 0 Å². The van der Waals surface area contributed by atoms with E-state index in [1.54, 1.807) is 0 Å². The topological polar surface area (TPSA) is 26.3 Å². The molecule has 2 saturated carbocycles. The number of Topliss-reactive ketones (excluding diaryl/α,β-unsaturated/α-hetero) is 1. The summed E-state index contributed by atoms with van der Waals surface area (Å²) in [5, 5.41) is 0. The highest BCUT2D eigenvalue weighted by Gasteiger charge is 2.46. The predicted octanol–water partition coefficient (Wildman–Crippen LogP) is 4.58. The van der Waals surface area contributed by atoms with E-state index in [0.29, 0.717) is 22.5 Å². The van der Waals surface area contributed by atoms with Gasteiger partial charge in [0.15, 0.2) is 9.04 Å². The lowest BCUT2D eigenvalue weighted by Gasteiger charge is -2.50. The van der Waals surface area contributed by atoms with Crippen LogP contribution in [-0.4, -0.2) is 21.4 Å². The van der Waals surface area contributed by atoms with Crippen LogP contribution in [0, 0.1) is 22.7 Å². The third kappa shape index (κ3) is 4.19. The van der Waals surface area contributed by atoms with E-state index >= 15 is 0 Å². The maximum absolute atomic E-state index is 11.9. The van der Waals surface area contributed by atoms with Crippen LogP contribution in [0.5, 0.6) is 0 Å². The van der Waals surface area contributed by atoms with Crippen molar-refractivity contribution in [3.8, 4) is 0 Å². The molecule has 1 spiro atoms. The molecule has 2 nitrogen and oxygen atoms in total. The summed E-state index contributed by atoms with van der Waals surface area (Å²) in [5.41, 5.74) is 0.849. The standard InChI is InChI=1S/C18H34O2Si/c1-17(2,3)14-6-9-18(10-7-14)11-8-16(19)12-15(18)13-20-21(4)5/h14-15,21H,6-13H2,1-5H3. The summed E-state index contributed by atoms with van der Waals surface area (Å²) >= 11 is 0. The molecule has 3 heteroatoms. The van der Waals surface area contributed by atoms with Crippen molar-refractivity contribution < 1.29 is 9.22 Å². The predicted molar refractivity (Wildman–Crippen MR) is 91.0 cm³/mol. The van der Waals surface area contributed by atoms with Gasteiger partial charge in [-0.3, -0.25) is 4.79 Å². The first-order chi connectivity index (χ1) is 9.73. The molecule has 0 heterocycles. The second kappa shape index (κ2) is 6.53. The molecule has 21 heavy (non-hydrogen) atoms. The lowest BCUT2D eigenvalue weighted by Crippen LogP contribution is -2.44. The quantitative estimate of drug-likeness (QED) is 0.713. The Kier molecular flexibility index (Phi) is 5.35. The summed E-state index contributed by atoms with van der Waals surface area (Å²) in [6, 6.07) is 0. The molecule has 2 rings (SSSR count). The Labute approximate surface area is 132 Å². The highest BCUT2D eigenvalue weighted by molar-refractivity contribution is 6.48. The SMILES string of the molecule is C[SiH](C)OCC1CC(=O)CCC12CCC(C(C)(C)C)CC2. The summed E-state index contributed by atoms with van der Waals surface area (Å²) in [4.78, 5) is 11.9. The normalized spacial score (nSPS) is 34.7. The van der Waals surface area contributed by atoms with E-state index in [0.717, 1.165) is 31.8 Å². The van der Waals surface area contributed by atoms with Gasteiger partial charge in [-0.1, -0.05) is 20.8 Å². The first-order valence-electron chi connectivity index (χ1n) is 8.86. The zero-order chi connectivity index (χ0) is 15.7. The zero-order valence-electron chi connectivity index (χ0n) is 14.7. The highest BCUT2D eigenvalue weighted by Crippen LogP contribution is 2.54. The minimum atomic E-state index is -0.984. The number of carbonyl (C=O) groups excluding carboxylic acids is 1. The van der Waals surface area contributed by atoms with Crippen LogP contribution >= 0.6 is 0 Å². The first kappa shape index (κ1) is 17.2. The lowest BCUT2D eigenvalue weighted by molar-refractivity contribution is -0.128. The molecule has 2 fully saturated rings. The van der Waals surface area contributed by atoms with Crippen LogP contribution in [0.15, 0.2) is 0 Å². The molecule has 0 aromatic rings. The molecule has 1 unspecified atom stereocenters. The Morgan fingerprint density at radius 2 is 1.81 bits per heavy atom. The zero-order valence-corrected chi connectivity index (χ0v) is 15.9. The molecule has 1 atom stereocenters. The Morgan fingerprint density at radius 1 is 1.19 bits per heavy atom. The van der Waals surface area contributed by atoms with E-state index in [4.69, 9.17) is 4.43 Å². The van der Waals surface area contributed by atoms with Crippen molar-refractivity contribution in [3.05, 3.63) is 0 Å². The van der Waals surface area contributed by atoms with Gasteiger partial charge in [-0.2, -0.15) is 0 Å². The maximum Gasteiger partial charge on any atom is 0.170 e. The lowest BCUT2D eigenvalue weighted by atomic mass is 9.55. The van der Waals surface area contributed by atoms with Crippen LogP contribution in [0.1, 0.15) is 65.7 Å². The van der Waals surface area contributed by atoms with Crippen molar-refractivity contribution in [1.29, 1.82) is 0 Å². The van der Waals surface area contributed by atoms with Gasteiger partial charge in [0.2, 0.25) is 0 Å². The Hall–Kier alpha value is -0.153. The fraction of sp³-hybridized carbons (Fsp3) is 0.944. The van der Waals surface area contributed by atoms with Crippen LogP contribution in [0.4, 0.5) is 0 Å². The molecule has 0 N–H and O–H groups in total. The van der Waals surface area contributed by atoms with Crippen LogP contribution in [0.2, 0.25) is 13.1 Å². The van der Waals surface area contributed by atoms with Crippen LogP contribution in [0.3, 0.4) is 0 Å². The Bertz CT molecular complexity index is 362. The summed E-state index contributed by atoms with van der Waals surface area (Å²) < 4.78 is 6.04. The highest BCUT2D eigenvalue weighted by atomic mass is 28.3. The van der Waals surface area contributed by atoms with Crippen molar-refractivity contribution in [2.24, 2.45) is 22.7 Å². The minimum absolute atomic E-state index is 0.416.